The van der Waals surface area contributed by atoms with Gasteiger partial charge in [-0.1, -0.05) is 91.0 Å². The van der Waals surface area contributed by atoms with Crippen molar-refractivity contribution < 1.29 is 0 Å². The second-order valence-corrected chi connectivity index (χ2v) is 7.52. The van der Waals surface area contributed by atoms with E-state index in [4.69, 9.17) is 0 Å². The second kappa shape index (κ2) is 9.65. The van der Waals surface area contributed by atoms with Gasteiger partial charge in [-0.2, -0.15) is 0 Å². The third kappa shape index (κ3) is 5.08. The summed E-state index contributed by atoms with van der Waals surface area (Å²) < 4.78 is 0. The van der Waals surface area contributed by atoms with Gasteiger partial charge in [-0.05, 0) is 16.7 Å². The highest BCUT2D eigenvalue weighted by molar-refractivity contribution is 5.22. The Morgan fingerprint density at radius 2 is 1.25 bits per heavy atom. The molecule has 1 N–H and O–H groups in total. The average molecular weight is 372 g/mol. The molecular weight excluding hydrogens is 342 g/mol. The summed E-state index contributed by atoms with van der Waals surface area (Å²) in [6.07, 6.45) is 0. The molecule has 3 aromatic rings. The molecule has 0 bridgehead atoms. The van der Waals surface area contributed by atoms with Crippen molar-refractivity contribution >= 4 is 0 Å². The Hall–Kier alpha value is -2.46. The Morgan fingerprint density at radius 3 is 1.93 bits per heavy atom. The van der Waals surface area contributed by atoms with Crippen LogP contribution >= 0.6 is 0 Å². The molecule has 3 aromatic carbocycles. The van der Waals surface area contributed by atoms with Crippen molar-refractivity contribution in [1.29, 1.82) is 0 Å². The van der Waals surface area contributed by atoms with Gasteiger partial charge in [0.1, 0.15) is 0 Å². The highest BCUT2D eigenvalue weighted by atomic mass is 15.6. The lowest BCUT2D eigenvalue weighted by molar-refractivity contribution is 0.0202. The van der Waals surface area contributed by atoms with Crippen LogP contribution in [0.25, 0.3) is 0 Å². The Bertz CT molecular complexity index is 820. The molecule has 0 saturated carbocycles. The summed E-state index contributed by atoms with van der Waals surface area (Å²) in [5.74, 6) is 0.569. The molecule has 4 rings (SSSR count). The van der Waals surface area contributed by atoms with Crippen molar-refractivity contribution in [3.8, 4) is 0 Å². The average Bonchev–Trinajstić information content (AvgIpc) is 3.16. The summed E-state index contributed by atoms with van der Waals surface area (Å²) in [6.45, 7) is 6.09. The van der Waals surface area contributed by atoms with Crippen LogP contribution in [-0.2, 0) is 13.1 Å². The van der Waals surface area contributed by atoms with Crippen molar-refractivity contribution in [3.63, 3.8) is 0 Å². The molecule has 1 fully saturated rings. The number of nitrogens with one attached hydrogen (secondary N) is 1. The van der Waals surface area contributed by atoms with Crippen LogP contribution in [0.1, 0.15) is 22.6 Å². The highest BCUT2D eigenvalue weighted by Crippen LogP contribution is 2.27. The first-order valence-electron chi connectivity index (χ1n) is 10.2. The zero-order valence-corrected chi connectivity index (χ0v) is 16.4. The predicted octanol–water partition coefficient (Wildman–Crippen LogP) is 4.29. The summed E-state index contributed by atoms with van der Waals surface area (Å²) in [7, 11) is 0. The van der Waals surface area contributed by atoms with Crippen molar-refractivity contribution in [2.75, 3.05) is 26.2 Å². The summed E-state index contributed by atoms with van der Waals surface area (Å²) in [4.78, 5) is 0. The maximum Gasteiger partial charge on any atom is 0.0384 e. The molecule has 144 valence electrons. The summed E-state index contributed by atoms with van der Waals surface area (Å²) in [5.41, 5.74) is 4.16. The van der Waals surface area contributed by atoms with Crippen LogP contribution < -0.4 is 5.32 Å². The quantitative estimate of drug-likeness (QED) is 0.596. The van der Waals surface area contributed by atoms with Crippen LogP contribution in [-0.4, -0.2) is 36.2 Å². The Labute approximate surface area is 168 Å². The molecule has 1 aliphatic rings. The van der Waals surface area contributed by atoms with E-state index in [9.17, 15) is 0 Å². The lowest BCUT2D eigenvalue weighted by atomic mass is 10.0. The molecule has 3 heteroatoms. The van der Waals surface area contributed by atoms with Gasteiger partial charge in [0.15, 0.2) is 0 Å². The van der Waals surface area contributed by atoms with Gasteiger partial charge in [0, 0.05) is 45.2 Å². The van der Waals surface area contributed by atoms with Gasteiger partial charge in [0.05, 0.1) is 0 Å². The highest BCUT2D eigenvalue weighted by Gasteiger charge is 2.30. The number of hydrogen-bond donors (Lipinski definition) is 1. The Balaban J connectivity index is 1.37. The van der Waals surface area contributed by atoms with E-state index in [-0.39, 0.29) is 0 Å². The maximum atomic E-state index is 3.60. The molecule has 0 spiro atoms. The zero-order valence-electron chi connectivity index (χ0n) is 16.4. The fraction of sp³-hybridized carbons (Fsp3) is 0.280. The smallest absolute Gasteiger partial charge is 0.0384 e. The topological polar surface area (TPSA) is 18.5 Å². The van der Waals surface area contributed by atoms with Crippen molar-refractivity contribution in [2.24, 2.45) is 0 Å². The summed E-state index contributed by atoms with van der Waals surface area (Å²) in [5, 5.41) is 8.65. The van der Waals surface area contributed by atoms with E-state index in [1.165, 1.54) is 16.7 Å². The van der Waals surface area contributed by atoms with Gasteiger partial charge < -0.3 is 5.32 Å². The molecule has 1 atom stereocenters. The van der Waals surface area contributed by atoms with E-state index in [1.807, 2.05) is 0 Å². The minimum Gasteiger partial charge on any atom is -0.311 e. The molecule has 28 heavy (non-hydrogen) atoms. The summed E-state index contributed by atoms with van der Waals surface area (Å²) >= 11 is 0. The zero-order chi connectivity index (χ0) is 19.0. The molecule has 0 amide bonds. The summed E-state index contributed by atoms with van der Waals surface area (Å²) in [6, 6.07) is 32.4. The fourth-order valence-corrected chi connectivity index (χ4v) is 3.96. The van der Waals surface area contributed by atoms with E-state index in [1.54, 1.807) is 0 Å². The van der Waals surface area contributed by atoms with Gasteiger partial charge in [0.2, 0.25) is 0 Å². The standard InChI is InChI=1S/C25H29N3/c1-4-10-22(11-5-1)18-26-16-17-27-20-25(24-14-8-3-9-15-24)21-28(27)19-23-12-6-2-7-13-23/h1-15,25-26H,16-21H2. The predicted molar refractivity (Wildman–Crippen MR) is 116 cm³/mol. The minimum atomic E-state index is 0.569. The Kier molecular flexibility index (Phi) is 6.51. The molecule has 1 unspecified atom stereocenters. The third-order valence-corrected chi connectivity index (χ3v) is 5.46. The van der Waals surface area contributed by atoms with Gasteiger partial charge in [0.25, 0.3) is 0 Å². The second-order valence-electron chi connectivity index (χ2n) is 7.52. The van der Waals surface area contributed by atoms with Crippen LogP contribution in [0.3, 0.4) is 0 Å². The van der Waals surface area contributed by atoms with E-state index in [0.29, 0.717) is 5.92 Å². The van der Waals surface area contributed by atoms with Crippen LogP contribution in [0.15, 0.2) is 91.0 Å². The third-order valence-electron chi connectivity index (χ3n) is 5.46. The first-order chi connectivity index (χ1) is 13.9. The number of rotatable bonds is 8. The number of hydrazine groups is 1. The van der Waals surface area contributed by atoms with Crippen LogP contribution in [0.5, 0.6) is 0 Å². The van der Waals surface area contributed by atoms with E-state index in [0.717, 1.165) is 39.3 Å². The molecule has 1 aliphatic heterocycles. The van der Waals surface area contributed by atoms with E-state index >= 15 is 0 Å². The number of nitrogens with zero attached hydrogens (tertiary/aromatic N) is 2. The SMILES string of the molecule is c1ccc(CNCCN2CC(c3ccccc3)CN2Cc2ccccc2)cc1. The molecular formula is C25H29N3. The molecule has 0 aliphatic carbocycles. The van der Waals surface area contributed by atoms with E-state index < -0.39 is 0 Å². The first-order valence-corrected chi connectivity index (χ1v) is 10.2. The van der Waals surface area contributed by atoms with Gasteiger partial charge >= 0.3 is 0 Å². The van der Waals surface area contributed by atoms with E-state index in [2.05, 4.69) is 106 Å². The molecule has 1 heterocycles. The Morgan fingerprint density at radius 1 is 0.679 bits per heavy atom. The lowest BCUT2D eigenvalue weighted by Crippen LogP contribution is -2.40. The van der Waals surface area contributed by atoms with Crippen molar-refractivity contribution in [3.05, 3.63) is 108 Å². The van der Waals surface area contributed by atoms with Gasteiger partial charge in [-0.15, -0.1) is 0 Å². The van der Waals surface area contributed by atoms with Gasteiger partial charge in [-0.3, -0.25) is 0 Å². The molecule has 1 saturated heterocycles. The monoisotopic (exact) mass is 371 g/mol. The number of hydrogen-bond acceptors (Lipinski definition) is 3. The van der Waals surface area contributed by atoms with Crippen LogP contribution in [0.2, 0.25) is 0 Å². The van der Waals surface area contributed by atoms with Crippen molar-refractivity contribution in [1.82, 2.24) is 15.3 Å². The van der Waals surface area contributed by atoms with Crippen LogP contribution in [0.4, 0.5) is 0 Å². The first kappa shape index (κ1) is 18.9. The molecule has 0 radical (unpaired) electrons. The van der Waals surface area contributed by atoms with Crippen molar-refractivity contribution in [2.45, 2.75) is 19.0 Å². The van der Waals surface area contributed by atoms with Crippen LogP contribution in [0, 0.1) is 0 Å². The van der Waals surface area contributed by atoms with Gasteiger partial charge in [-0.25, -0.2) is 10.0 Å². The molecule has 0 aromatic heterocycles. The molecule has 3 nitrogen and oxygen atoms in total. The minimum absolute atomic E-state index is 0.569. The maximum absolute atomic E-state index is 3.60. The normalized spacial score (nSPS) is 17.8. The number of benzene rings is 3. The largest absolute Gasteiger partial charge is 0.311 e. The lowest BCUT2D eigenvalue weighted by Gasteiger charge is -2.28. The fourth-order valence-electron chi connectivity index (χ4n) is 3.96.